The van der Waals surface area contributed by atoms with E-state index in [1.807, 2.05) is 48.9 Å². The maximum atomic E-state index is 14.2. The summed E-state index contributed by atoms with van der Waals surface area (Å²) in [5, 5.41) is 6.03. The van der Waals surface area contributed by atoms with E-state index < -0.39 is 10.0 Å². The number of hydrogen-bond donors (Lipinski definition) is 0. The molecule has 0 aliphatic carbocycles. The van der Waals surface area contributed by atoms with Gasteiger partial charge in [-0.05, 0) is 81.3 Å². The van der Waals surface area contributed by atoms with Crippen LogP contribution >= 0.6 is 0 Å². The number of ether oxygens (including phenoxy) is 2. The summed E-state index contributed by atoms with van der Waals surface area (Å²) in [4.78, 5) is 2.65. The Balaban J connectivity index is 1.55. The van der Waals surface area contributed by atoms with E-state index in [1.165, 1.54) is 5.56 Å². The van der Waals surface area contributed by atoms with Gasteiger partial charge in [0, 0.05) is 38.2 Å². The Hall–Kier alpha value is -2.46. The van der Waals surface area contributed by atoms with E-state index in [9.17, 15) is 8.42 Å². The second-order valence-corrected chi connectivity index (χ2v) is 13.7. The van der Waals surface area contributed by atoms with E-state index in [2.05, 4.69) is 25.7 Å². The van der Waals surface area contributed by atoms with Gasteiger partial charge in [-0.1, -0.05) is 32.9 Å². The highest BCUT2D eigenvalue weighted by molar-refractivity contribution is 7.92. The molecule has 2 aliphatic heterocycles. The number of hydrogen-bond acceptors (Lipinski definition) is 6. The number of fused-ring (bicyclic) bond motifs is 1. The number of rotatable bonds is 9. The van der Waals surface area contributed by atoms with Gasteiger partial charge in [-0.2, -0.15) is 5.10 Å². The fraction of sp³-hybridized carbons (Fsp3) is 0.581. The van der Waals surface area contributed by atoms with Crippen molar-refractivity contribution in [3.05, 3.63) is 53.7 Å². The molecular weight excluding hydrogens is 524 g/mol. The molecule has 3 atom stereocenters. The lowest BCUT2D eigenvalue weighted by Crippen LogP contribution is -2.44. The molecule has 1 unspecified atom stereocenters. The van der Waals surface area contributed by atoms with Crippen molar-refractivity contribution in [1.82, 2.24) is 14.7 Å². The molecule has 0 amide bonds. The Labute approximate surface area is 239 Å². The third kappa shape index (κ3) is 6.22. The lowest BCUT2D eigenvalue weighted by atomic mass is 10.1. The Kier molecular flexibility index (Phi) is 8.85. The van der Waals surface area contributed by atoms with Crippen molar-refractivity contribution in [1.29, 1.82) is 0 Å². The molecule has 0 spiro atoms. The van der Waals surface area contributed by atoms with E-state index in [-0.39, 0.29) is 29.2 Å². The summed E-state index contributed by atoms with van der Waals surface area (Å²) < 4.78 is 43.9. The smallest absolute Gasteiger partial charge is 0.264 e. The molecular formula is C31H44N4O4S. The van der Waals surface area contributed by atoms with Crippen LogP contribution in [0.4, 0.5) is 5.69 Å². The maximum absolute atomic E-state index is 14.2. The van der Waals surface area contributed by atoms with E-state index in [0.717, 1.165) is 55.4 Å². The second-order valence-electron chi connectivity index (χ2n) is 11.8. The maximum Gasteiger partial charge on any atom is 0.264 e. The van der Waals surface area contributed by atoms with Crippen molar-refractivity contribution >= 4 is 26.6 Å². The van der Waals surface area contributed by atoms with Crippen molar-refractivity contribution in [2.45, 2.75) is 90.2 Å². The average molecular weight is 569 g/mol. The summed E-state index contributed by atoms with van der Waals surface area (Å²) in [6.45, 7) is 13.8. The van der Waals surface area contributed by atoms with E-state index in [0.29, 0.717) is 25.4 Å². The van der Waals surface area contributed by atoms with Crippen LogP contribution in [0.1, 0.15) is 71.4 Å². The SMILES string of the molecule is CCc1ccc(N(CC(C)C)S(=O)(=O)c2ccc3c(CN4C[C@@H](C)O[C@@H](C)C4)nn(C4CCCCO4)c3c2)cc1. The first-order valence-corrected chi connectivity index (χ1v) is 16.2. The molecule has 3 heterocycles. The second kappa shape index (κ2) is 12.2. The first-order valence-electron chi connectivity index (χ1n) is 14.8. The quantitative estimate of drug-likeness (QED) is 0.327. The van der Waals surface area contributed by atoms with Gasteiger partial charge in [0.1, 0.15) is 0 Å². The molecule has 9 heteroatoms. The predicted molar refractivity (Wildman–Crippen MR) is 159 cm³/mol. The molecule has 8 nitrogen and oxygen atoms in total. The van der Waals surface area contributed by atoms with Crippen molar-refractivity contribution in [3.8, 4) is 0 Å². The van der Waals surface area contributed by atoms with Crippen LogP contribution in [0.3, 0.4) is 0 Å². The summed E-state index contributed by atoms with van der Waals surface area (Å²) in [7, 11) is -3.82. The molecule has 0 bridgehead atoms. The Morgan fingerprint density at radius 2 is 1.77 bits per heavy atom. The molecule has 1 aromatic heterocycles. The van der Waals surface area contributed by atoms with Gasteiger partial charge in [0.05, 0.1) is 34.0 Å². The van der Waals surface area contributed by atoms with Gasteiger partial charge in [-0.15, -0.1) is 0 Å². The summed E-state index contributed by atoms with van der Waals surface area (Å²) >= 11 is 0. The minimum Gasteiger partial charge on any atom is -0.373 e. The average Bonchev–Trinajstić information content (AvgIpc) is 3.29. The van der Waals surface area contributed by atoms with Crippen LogP contribution in [-0.4, -0.2) is 61.5 Å². The number of anilines is 1. The van der Waals surface area contributed by atoms with Crippen molar-refractivity contribution in [3.63, 3.8) is 0 Å². The van der Waals surface area contributed by atoms with Crippen LogP contribution in [-0.2, 0) is 32.5 Å². The number of morpholine rings is 1. The van der Waals surface area contributed by atoms with Crippen LogP contribution in [0.25, 0.3) is 10.9 Å². The van der Waals surface area contributed by atoms with Gasteiger partial charge in [-0.3, -0.25) is 9.21 Å². The Morgan fingerprint density at radius 1 is 1.05 bits per heavy atom. The van der Waals surface area contributed by atoms with Crippen LogP contribution in [0.5, 0.6) is 0 Å². The van der Waals surface area contributed by atoms with Crippen LogP contribution in [0.15, 0.2) is 47.4 Å². The number of nitrogens with zero attached hydrogens (tertiary/aromatic N) is 4. The molecule has 2 fully saturated rings. The Bertz CT molecular complexity index is 1390. The standard InChI is InChI=1S/C31H44N4O4S/c1-6-25-10-12-26(13-11-25)34(18-22(2)3)40(36,37)27-14-15-28-29(21-33-19-23(4)39-24(5)20-33)32-35(30(28)17-27)31-9-7-8-16-38-31/h10-15,17,22-24,31H,6-9,16,18-21H2,1-5H3/t23-,24+,31?. The predicted octanol–water partition coefficient (Wildman–Crippen LogP) is 5.76. The zero-order chi connectivity index (χ0) is 28.4. The highest BCUT2D eigenvalue weighted by Crippen LogP contribution is 2.33. The van der Waals surface area contributed by atoms with Crippen molar-refractivity contribution in [2.75, 3.05) is 30.5 Å². The molecule has 218 valence electrons. The number of aromatic nitrogens is 2. The van der Waals surface area contributed by atoms with Crippen molar-refractivity contribution in [2.24, 2.45) is 5.92 Å². The lowest BCUT2D eigenvalue weighted by molar-refractivity contribution is -0.0710. The Morgan fingerprint density at radius 3 is 2.40 bits per heavy atom. The monoisotopic (exact) mass is 568 g/mol. The van der Waals surface area contributed by atoms with Gasteiger partial charge < -0.3 is 9.47 Å². The van der Waals surface area contributed by atoms with Crippen LogP contribution < -0.4 is 4.31 Å². The molecule has 2 saturated heterocycles. The molecule has 3 aromatic rings. The van der Waals surface area contributed by atoms with Gasteiger partial charge in [-0.25, -0.2) is 13.1 Å². The number of benzene rings is 2. The largest absolute Gasteiger partial charge is 0.373 e. The van der Waals surface area contributed by atoms with Crippen molar-refractivity contribution < 1.29 is 17.9 Å². The van der Waals surface area contributed by atoms with Crippen LogP contribution in [0, 0.1) is 5.92 Å². The van der Waals surface area contributed by atoms with E-state index >= 15 is 0 Å². The molecule has 2 aliphatic rings. The lowest BCUT2D eigenvalue weighted by Gasteiger charge is -2.34. The summed E-state index contributed by atoms with van der Waals surface area (Å²) in [5.41, 5.74) is 3.62. The number of sulfonamides is 1. The van der Waals surface area contributed by atoms with Gasteiger partial charge in [0.2, 0.25) is 0 Å². The highest BCUT2D eigenvalue weighted by atomic mass is 32.2. The van der Waals surface area contributed by atoms with Gasteiger partial charge >= 0.3 is 0 Å². The van der Waals surface area contributed by atoms with E-state index in [1.54, 1.807) is 16.4 Å². The fourth-order valence-electron chi connectivity index (χ4n) is 5.92. The zero-order valence-corrected chi connectivity index (χ0v) is 25.4. The first kappa shape index (κ1) is 29.0. The summed E-state index contributed by atoms with van der Waals surface area (Å²) in [6, 6.07) is 13.3. The third-order valence-electron chi connectivity index (χ3n) is 7.80. The molecule has 40 heavy (non-hydrogen) atoms. The number of aryl methyl sites for hydroxylation is 1. The van der Waals surface area contributed by atoms with Gasteiger partial charge in [0.15, 0.2) is 6.23 Å². The molecule has 5 rings (SSSR count). The van der Waals surface area contributed by atoms with Gasteiger partial charge in [0.25, 0.3) is 10.0 Å². The third-order valence-corrected chi connectivity index (χ3v) is 9.59. The molecule has 0 radical (unpaired) electrons. The first-order chi connectivity index (χ1) is 19.2. The highest BCUT2D eigenvalue weighted by Gasteiger charge is 2.30. The normalized spacial score (nSPS) is 22.7. The minimum absolute atomic E-state index is 0.161. The van der Waals surface area contributed by atoms with Crippen LogP contribution in [0.2, 0.25) is 0 Å². The minimum atomic E-state index is -3.82. The fourth-order valence-corrected chi connectivity index (χ4v) is 7.57. The summed E-state index contributed by atoms with van der Waals surface area (Å²) in [6.07, 6.45) is 4.00. The molecule has 0 N–H and O–H groups in total. The molecule has 0 saturated carbocycles. The summed E-state index contributed by atoms with van der Waals surface area (Å²) in [5.74, 6) is 0.162. The zero-order valence-electron chi connectivity index (χ0n) is 24.5. The van der Waals surface area contributed by atoms with E-state index in [4.69, 9.17) is 14.6 Å². The molecule has 2 aromatic carbocycles. The topological polar surface area (TPSA) is 76.9 Å².